The Kier molecular flexibility index (Phi) is 5.85. The predicted molar refractivity (Wildman–Crippen MR) is 87.5 cm³/mol. The summed E-state index contributed by atoms with van der Waals surface area (Å²) in [6.07, 6.45) is 1.46. The molecule has 6 heteroatoms. The summed E-state index contributed by atoms with van der Waals surface area (Å²) in [4.78, 5) is 21.6. The third-order valence-corrected chi connectivity index (χ3v) is 3.17. The third kappa shape index (κ3) is 5.30. The molecule has 20 heavy (non-hydrogen) atoms. The Bertz CT molecular complexity index is 452. The van der Waals surface area contributed by atoms with Crippen molar-refractivity contribution < 1.29 is 9.53 Å². The standard InChI is InChI=1S/C14H24IN3O2/c1-9(2)8-18(13(19)20-14(4,5)6)10(3)12-16-7-11(15)17-12/h7,9-10H,8H2,1-6H3,(H,16,17)/t10-/m0/s1. The van der Waals surface area contributed by atoms with E-state index >= 15 is 0 Å². The minimum atomic E-state index is -0.496. The number of rotatable bonds is 4. The molecule has 0 saturated carbocycles. The van der Waals surface area contributed by atoms with Gasteiger partial charge in [-0.05, 0) is 56.2 Å². The van der Waals surface area contributed by atoms with Crippen LogP contribution in [0.2, 0.25) is 0 Å². The van der Waals surface area contributed by atoms with Crippen molar-refractivity contribution in [2.24, 2.45) is 5.92 Å². The van der Waals surface area contributed by atoms with Gasteiger partial charge in [0.15, 0.2) is 0 Å². The fourth-order valence-corrected chi connectivity index (χ4v) is 2.19. The molecule has 1 aromatic rings. The van der Waals surface area contributed by atoms with Crippen LogP contribution in [0.15, 0.2) is 6.20 Å². The molecule has 1 aromatic heterocycles. The average Bonchev–Trinajstić information content (AvgIpc) is 2.69. The molecule has 0 aliphatic heterocycles. The molecular formula is C14H24IN3O2. The first-order chi connectivity index (χ1) is 9.10. The van der Waals surface area contributed by atoms with Crippen LogP contribution in [0.1, 0.15) is 53.4 Å². The molecule has 0 radical (unpaired) electrons. The molecule has 0 bridgehead atoms. The van der Waals surface area contributed by atoms with Gasteiger partial charge < -0.3 is 9.72 Å². The van der Waals surface area contributed by atoms with Gasteiger partial charge in [0, 0.05) is 6.54 Å². The number of aromatic amines is 1. The summed E-state index contributed by atoms with van der Waals surface area (Å²) < 4.78 is 6.45. The Hall–Kier alpha value is -0.790. The molecule has 1 rings (SSSR count). The van der Waals surface area contributed by atoms with Crippen LogP contribution in [-0.2, 0) is 4.74 Å². The largest absolute Gasteiger partial charge is 0.444 e. The molecule has 1 amide bonds. The molecular weight excluding hydrogens is 369 g/mol. The molecule has 0 saturated heterocycles. The number of nitrogens with one attached hydrogen (secondary N) is 1. The lowest BCUT2D eigenvalue weighted by Crippen LogP contribution is -2.40. The summed E-state index contributed by atoms with van der Waals surface area (Å²) in [5.74, 6) is 1.14. The van der Waals surface area contributed by atoms with Crippen LogP contribution in [0.4, 0.5) is 4.79 Å². The second-order valence-electron chi connectivity index (χ2n) is 6.32. The Morgan fingerprint density at radius 3 is 2.45 bits per heavy atom. The number of H-pyrrole nitrogens is 1. The van der Waals surface area contributed by atoms with Crippen molar-refractivity contribution in [3.63, 3.8) is 0 Å². The number of imidazole rings is 1. The summed E-state index contributed by atoms with van der Waals surface area (Å²) in [5.41, 5.74) is -0.496. The fourth-order valence-electron chi connectivity index (χ4n) is 1.78. The van der Waals surface area contributed by atoms with E-state index in [0.717, 1.165) is 9.53 Å². The highest BCUT2D eigenvalue weighted by Crippen LogP contribution is 2.22. The van der Waals surface area contributed by atoms with Crippen LogP contribution >= 0.6 is 22.6 Å². The monoisotopic (exact) mass is 393 g/mol. The molecule has 0 fully saturated rings. The van der Waals surface area contributed by atoms with Gasteiger partial charge in [0.2, 0.25) is 0 Å². The Labute approximate surface area is 134 Å². The lowest BCUT2D eigenvalue weighted by molar-refractivity contribution is 0.0140. The Morgan fingerprint density at radius 2 is 2.05 bits per heavy atom. The first-order valence-electron chi connectivity index (χ1n) is 6.80. The van der Waals surface area contributed by atoms with Crippen molar-refractivity contribution in [3.05, 3.63) is 15.7 Å². The van der Waals surface area contributed by atoms with Gasteiger partial charge in [-0.3, -0.25) is 4.90 Å². The molecule has 0 spiro atoms. The van der Waals surface area contributed by atoms with E-state index in [1.54, 1.807) is 11.1 Å². The number of hydrogen-bond donors (Lipinski definition) is 1. The van der Waals surface area contributed by atoms with Crippen molar-refractivity contribution in [1.82, 2.24) is 14.9 Å². The van der Waals surface area contributed by atoms with Crippen molar-refractivity contribution >= 4 is 28.7 Å². The molecule has 1 N–H and O–H groups in total. The normalized spacial score (nSPS) is 13.4. The van der Waals surface area contributed by atoms with E-state index in [9.17, 15) is 4.79 Å². The zero-order valence-corrected chi connectivity index (χ0v) is 15.2. The molecule has 0 aromatic carbocycles. The van der Waals surface area contributed by atoms with Crippen LogP contribution in [0.5, 0.6) is 0 Å². The van der Waals surface area contributed by atoms with Gasteiger partial charge >= 0.3 is 6.09 Å². The smallest absolute Gasteiger partial charge is 0.410 e. The zero-order valence-electron chi connectivity index (χ0n) is 13.0. The van der Waals surface area contributed by atoms with E-state index < -0.39 is 5.60 Å². The fraction of sp³-hybridized carbons (Fsp3) is 0.714. The number of carbonyl (C=O) groups excluding carboxylic acids is 1. The zero-order chi connectivity index (χ0) is 15.5. The second kappa shape index (κ2) is 6.78. The van der Waals surface area contributed by atoms with E-state index in [1.165, 1.54) is 0 Å². The topological polar surface area (TPSA) is 58.2 Å². The van der Waals surface area contributed by atoms with Crippen molar-refractivity contribution in [2.45, 2.75) is 53.2 Å². The SMILES string of the molecule is CC(C)CN(C(=O)OC(C)(C)C)[C@@H](C)c1ncc(I)[nH]1. The van der Waals surface area contributed by atoms with Gasteiger partial charge in [-0.2, -0.15) is 0 Å². The Balaban J connectivity index is 2.91. The van der Waals surface area contributed by atoms with Crippen molar-refractivity contribution in [1.29, 1.82) is 0 Å². The van der Waals surface area contributed by atoms with E-state index in [1.807, 2.05) is 27.7 Å². The maximum absolute atomic E-state index is 12.4. The quantitative estimate of drug-likeness (QED) is 0.788. The summed E-state index contributed by atoms with van der Waals surface area (Å²) in [6.45, 7) is 12.4. The Morgan fingerprint density at radius 1 is 1.45 bits per heavy atom. The van der Waals surface area contributed by atoms with Crippen LogP contribution < -0.4 is 0 Å². The van der Waals surface area contributed by atoms with E-state index in [0.29, 0.717) is 12.5 Å². The minimum Gasteiger partial charge on any atom is -0.444 e. The van der Waals surface area contributed by atoms with Crippen LogP contribution in [-0.4, -0.2) is 33.1 Å². The van der Waals surface area contributed by atoms with Crippen LogP contribution in [0.3, 0.4) is 0 Å². The number of carbonyl (C=O) groups is 1. The van der Waals surface area contributed by atoms with Gasteiger partial charge in [0.1, 0.15) is 11.4 Å². The summed E-state index contributed by atoms with van der Waals surface area (Å²) in [6, 6.07) is -0.143. The number of hydrogen-bond acceptors (Lipinski definition) is 3. The first kappa shape index (κ1) is 17.3. The summed E-state index contributed by atoms with van der Waals surface area (Å²) in [7, 11) is 0. The lowest BCUT2D eigenvalue weighted by Gasteiger charge is -2.32. The van der Waals surface area contributed by atoms with Crippen LogP contribution in [0, 0.1) is 9.62 Å². The lowest BCUT2D eigenvalue weighted by atomic mass is 10.1. The van der Waals surface area contributed by atoms with Gasteiger partial charge in [-0.15, -0.1) is 0 Å². The van der Waals surface area contributed by atoms with E-state index in [2.05, 4.69) is 46.4 Å². The van der Waals surface area contributed by atoms with Gasteiger partial charge in [0.05, 0.1) is 15.9 Å². The average molecular weight is 393 g/mol. The molecule has 0 aliphatic rings. The number of nitrogens with zero attached hydrogens (tertiary/aromatic N) is 2. The van der Waals surface area contributed by atoms with Crippen LogP contribution in [0.25, 0.3) is 0 Å². The molecule has 0 aliphatic carbocycles. The summed E-state index contributed by atoms with van der Waals surface area (Å²) in [5, 5.41) is 0. The third-order valence-electron chi connectivity index (χ3n) is 2.62. The minimum absolute atomic E-state index is 0.143. The maximum atomic E-state index is 12.4. The van der Waals surface area contributed by atoms with E-state index in [-0.39, 0.29) is 12.1 Å². The molecule has 0 unspecified atom stereocenters. The number of aromatic nitrogens is 2. The van der Waals surface area contributed by atoms with Crippen molar-refractivity contribution in [2.75, 3.05) is 6.54 Å². The second-order valence-corrected chi connectivity index (χ2v) is 7.48. The van der Waals surface area contributed by atoms with Gasteiger partial charge in [0.25, 0.3) is 0 Å². The van der Waals surface area contributed by atoms with E-state index in [4.69, 9.17) is 4.74 Å². The molecule has 114 valence electrons. The van der Waals surface area contributed by atoms with Gasteiger partial charge in [-0.1, -0.05) is 13.8 Å². The highest BCUT2D eigenvalue weighted by atomic mass is 127. The van der Waals surface area contributed by atoms with Crippen molar-refractivity contribution in [3.8, 4) is 0 Å². The number of amides is 1. The molecule has 1 atom stereocenters. The first-order valence-corrected chi connectivity index (χ1v) is 7.88. The summed E-state index contributed by atoms with van der Waals surface area (Å²) >= 11 is 2.17. The molecule has 5 nitrogen and oxygen atoms in total. The van der Waals surface area contributed by atoms with Gasteiger partial charge in [-0.25, -0.2) is 9.78 Å². The number of ether oxygens (including phenoxy) is 1. The number of halogens is 1. The predicted octanol–water partition coefficient (Wildman–Crippen LogP) is 3.97. The highest BCUT2D eigenvalue weighted by Gasteiger charge is 2.28. The highest BCUT2D eigenvalue weighted by molar-refractivity contribution is 14.1. The molecule has 1 heterocycles. The maximum Gasteiger partial charge on any atom is 0.410 e.